The molecule has 0 saturated heterocycles. The fraction of sp³-hybridized carbons (Fsp3) is 0.167. The van der Waals surface area contributed by atoms with Crippen LogP contribution in [-0.2, 0) is 0 Å². The van der Waals surface area contributed by atoms with Gasteiger partial charge in [-0.25, -0.2) is 4.79 Å². The Morgan fingerprint density at radius 3 is 2.81 bits per heavy atom. The summed E-state index contributed by atoms with van der Waals surface area (Å²) in [6.45, 7) is 1.80. The Kier molecular flexibility index (Phi) is 2.37. The van der Waals surface area contributed by atoms with Crippen LogP contribution in [0.5, 0.6) is 5.75 Å². The van der Waals surface area contributed by atoms with Crippen LogP contribution in [0.2, 0.25) is 0 Å². The highest BCUT2D eigenvalue weighted by molar-refractivity contribution is 5.87. The van der Waals surface area contributed by atoms with Gasteiger partial charge in [0, 0.05) is 11.5 Å². The molecule has 4 nitrogen and oxygen atoms in total. The minimum atomic E-state index is -0.463. The topological polar surface area (TPSA) is 63.2 Å². The summed E-state index contributed by atoms with van der Waals surface area (Å²) in [5.74, 6) is 0.406. The molecule has 80 valence electrons. The predicted molar refractivity (Wildman–Crippen MR) is 58.5 cm³/mol. The smallest absolute Gasteiger partial charge is 0.336 e. The van der Waals surface area contributed by atoms with Gasteiger partial charge in [0.1, 0.15) is 17.4 Å². The Morgan fingerprint density at radius 1 is 1.44 bits per heavy atom. The molecule has 0 fully saturated rings. The van der Waals surface area contributed by atoms with Crippen molar-refractivity contribution in [2.24, 2.45) is 0 Å². The van der Waals surface area contributed by atoms with Crippen molar-refractivity contribution in [2.75, 3.05) is 7.11 Å². The maximum Gasteiger partial charge on any atom is 0.336 e. The van der Waals surface area contributed by atoms with Gasteiger partial charge in [-0.3, -0.25) is 0 Å². The summed E-state index contributed by atoms with van der Waals surface area (Å²) in [4.78, 5) is 11.3. The van der Waals surface area contributed by atoms with Crippen LogP contribution < -0.4 is 10.4 Å². The fourth-order valence-corrected chi connectivity index (χ4v) is 1.64. The van der Waals surface area contributed by atoms with Crippen molar-refractivity contribution >= 4 is 11.0 Å². The highest BCUT2D eigenvalue weighted by Crippen LogP contribution is 2.27. The molecule has 0 radical (unpaired) electrons. The van der Waals surface area contributed by atoms with Crippen LogP contribution in [0.4, 0.5) is 0 Å². The molecule has 1 aromatic carbocycles. The zero-order valence-electron chi connectivity index (χ0n) is 8.90. The third kappa shape index (κ3) is 1.43. The van der Waals surface area contributed by atoms with E-state index in [1.54, 1.807) is 19.1 Å². The number of methoxy groups -OCH3 is 1. The fourth-order valence-electron chi connectivity index (χ4n) is 1.64. The number of fused-ring (bicyclic) bond motifs is 1. The van der Waals surface area contributed by atoms with Crippen LogP contribution in [0.15, 0.2) is 27.4 Å². The van der Waals surface area contributed by atoms with Gasteiger partial charge < -0.3 is 9.15 Å². The number of aryl methyl sites for hydroxylation is 1. The summed E-state index contributed by atoms with van der Waals surface area (Å²) in [6.07, 6.45) is 0. The molecule has 1 heterocycles. The molecular weight excluding hydrogens is 206 g/mol. The molecule has 2 aromatic rings. The summed E-state index contributed by atoms with van der Waals surface area (Å²) in [6, 6.07) is 6.84. The molecule has 0 bridgehead atoms. The van der Waals surface area contributed by atoms with Gasteiger partial charge in [0.15, 0.2) is 5.58 Å². The van der Waals surface area contributed by atoms with Gasteiger partial charge in [-0.2, -0.15) is 5.26 Å². The lowest BCUT2D eigenvalue weighted by Crippen LogP contribution is -2.00. The maximum atomic E-state index is 11.3. The average Bonchev–Trinajstić information content (AvgIpc) is 2.27. The van der Waals surface area contributed by atoms with Gasteiger partial charge in [-0.1, -0.05) is 0 Å². The number of nitriles is 1. The second-order valence-corrected chi connectivity index (χ2v) is 3.38. The number of rotatable bonds is 1. The number of nitrogens with zero attached hydrogens (tertiary/aromatic N) is 1. The van der Waals surface area contributed by atoms with Crippen molar-refractivity contribution in [3.05, 3.63) is 39.7 Å². The number of ether oxygens (including phenoxy) is 1. The van der Waals surface area contributed by atoms with Gasteiger partial charge in [-0.15, -0.1) is 0 Å². The average molecular weight is 215 g/mol. The molecule has 0 unspecified atom stereocenters. The van der Waals surface area contributed by atoms with Crippen molar-refractivity contribution in [1.82, 2.24) is 0 Å². The van der Waals surface area contributed by atoms with Crippen molar-refractivity contribution in [1.29, 1.82) is 5.26 Å². The summed E-state index contributed by atoms with van der Waals surface area (Å²) >= 11 is 0. The molecule has 1 aromatic heterocycles. The molecule has 0 atom stereocenters. The van der Waals surface area contributed by atoms with E-state index in [-0.39, 0.29) is 11.1 Å². The Bertz CT molecular complexity index is 650. The van der Waals surface area contributed by atoms with E-state index in [1.807, 2.05) is 6.07 Å². The zero-order chi connectivity index (χ0) is 11.7. The maximum absolute atomic E-state index is 11.3. The molecule has 0 aliphatic rings. The SMILES string of the molecule is COc1ccc2c(C)cc(=O)oc2c1C#N. The van der Waals surface area contributed by atoms with E-state index in [9.17, 15) is 4.79 Å². The molecule has 0 aliphatic heterocycles. The predicted octanol–water partition coefficient (Wildman–Crippen LogP) is 1.98. The van der Waals surface area contributed by atoms with E-state index >= 15 is 0 Å². The van der Waals surface area contributed by atoms with E-state index in [0.717, 1.165) is 10.9 Å². The van der Waals surface area contributed by atoms with Crippen LogP contribution in [0.3, 0.4) is 0 Å². The molecule has 0 N–H and O–H groups in total. The van der Waals surface area contributed by atoms with Crippen LogP contribution in [0.1, 0.15) is 11.1 Å². The third-order valence-corrected chi connectivity index (χ3v) is 2.41. The minimum Gasteiger partial charge on any atom is -0.495 e. The first-order valence-electron chi connectivity index (χ1n) is 4.69. The summed E-state index contributed by atoms with van der Waals surface area (Å²) in [7, 11) is 1.47. The van der Waals surface area contributed by atoms with E-state index in [2.05, 4.69) is 0 Å². The molecule has 0 aliphatic carbocycles. The van der Waals surface area contributed by atoms with Crippen LogP contribution in [-0.4, -0.2) is 7.11 Å². The second kappa shape index (κ2) is 3.70. The standard InChI is InChI=1S/C12H9NO3/c1-7-5-11(14)16-12-8(7)3-4-10(15-2)9(12)6-13/h3-5H,1-2H3. The highest BCUT2D eigenvalue weighted by atomic mass is 16.5. The molecule has 0 spiro atoms. The van der Waals surface area contributed by atoms with Gasteiger partial charge >= 0.3 is 5.63 Å². The lowest BCUT2D eigenvalue weighted by molar-refractivity contribution is 0.412. The van der Waals surface area contributed by atoms with Crippen molar-refractivity contribution < 1.29 is 9.15 Å². The number of benzene rings is 1. The third-order valence-electron chi connectivity index (χ3n) is 2.41. The van der Waals surface area contributed by atoms with Crippen LogP contribution in [0, 0.1) is 18.3 Å². The molecule has 0 amide bonds. The Balaban J connectivity index is 2.99. The molecule has 2 rings (SSSR count). The van der Waals surface area contributed by atoms with Gasteiger partial charge in [-0.05, 0) is 24.6 Å². The zero-order valence-corrected chi connectivity index (χ0v) is 8.90. The first kappa shape index (κ1) is 10.2. The molecule has 0 saturated carbocycles. The molecule has 4 heteroatoms. The van der Waals surface area contributed by atoms with Gasteiger partial charge in [0.25, 0.3) is 0 Å². The highest BCUT2D eigenvalue weighted by Gasteiger charge is 2.12. The van der Waals surface area contributed by atoms with E-state index in [1.165, 1.54) is 13.2 Å². The summed E-state index contributed by atoms with van der Waals surface area (Å²) < 4.78 is 10.1. The number of hydrogen-bond donors (Lipinski definition) is 0. The van der Waals surface area contributed by atoms with Gasteiger partial charge in [0.05, 0.1) is 7.11 Å². The van der Waals surface area contributed by atoms with E-state index < -0.39 is 5.63 Å². The lowest BCUT2D eigenvalue weighted by Gasteiger charge is -2.06. The Morgan fingerprint density at radius 2 is 2.19 bits per heavy atom. The van der Waals surface area contributed by atoms with Crippen LogP contribution >= 0.6 is 0 Å². The normalized spacial score (nSPS) is 10.1. The Labute approximate surface area is 91.7 Å². The van der Waals surface area contributed by atoms with Crippen molar-refractivity contribution in [2.45, 2.75) is 6.92 Å². The van der Waals surface area contributed by atoms with Crippen molar-refractivity contribution in [3.63, 3.8) is 0 Å². The quantitative estimate of drug-likeness (QED) is 0.682. The monoisotopic (exact) mass is 215 g/mol. The van der Waals surface area contributed by atoms with Crippen molar-refractivity contribution in [3.8, 4) is 11.8 Å². The largest absolute Gasteiger partial charge is 0.495 e. The summed E-state index contributed by atoms with van der Waals surface area (Å²) in [5.41, 5.74) is 0.854. The second-order valence-electron chi connectivity index (χ2n) is 3.38. The molecular formula is C12H9NO3. The minimum absolute atomic E-state index is 0.251. The number of hydrogen-bond acceptors (Lipinski definition) is 4. The lowest BCUT2D eigenvalue weighted by atomic mass is 10.1. The van der Waals surface area contributed by atoms with E-state index in [4.69, 9.17) is 14.4 Å². The van der Waals surface area contributed by atoms with Gasteiger partial charge in [0.2, 0.25) is 0 Å². The van der Waals surface area contributed by atoms with Crippen LogP contribution in [0.25, 0.3) is 11.0 Å². The molecule has 16 heavy (non-hydrogen) atoms. The van der Waals surface area contributed by atoms with E-state index in [0.29, 0.717) is 5.75 Å². The first-order valence-corrected chi connectivity index (χ1v) is 4.69. The Hall–Kier alpha value is -2.28. The summed E-state index contributed by atoms with van der Waals surface area (Å²) in [5, 5.41) is 9.78. The first-order chi connectivity index (χ1) is 7.67.